The topological polar surface area (TPSA) is 9.23 Å². The normalized spacial score (nSPS) is 11.8. The zero-order chi connectivity index (χ0) is 17.2. The summed E-state index contributed by atoms with van der Waals surface area (Å²) >= 11 is 3.20. The lowest BCUT2D eigenvalue weighted by molar-refractivity contribution is 0.120. The van der Waals surface area contributed by atoms with Gasteiger partial charge in [-0.15, -0.1) is 11.3 Å². The van der Waals surface area contributed by atoms with E-state index in [4.69, 9.17) is 4.74 Å². The summed E-state index contributed by atoms with van der Waals surface area (Å²) in [7, 11) is 0. The Balaban J connectivity index is 1.60. The first kappa shape index (κ1) is 17.6. The lowest BCUT2D eigenvalue weighted by Gasteiger charge is -2.08. The first-order chi connectivity index (χ1) is 12.4. The molecule has 3 heteroatoms. The van der Waals surface area contributed by atoms with E-state index in [1.54, 1.807) is 11.3 Å². The second kappa shape index (κ2) is 9.90. The zero-order valence-corrected chi connectivity index (χ0v) is 15.3. The van der Waals surface area contributed by atoms with Gasteiger partial charge in [0.05, 0.1) is 6.61 Å². The molecule has 124 valence electrons. The summed E-state index contributed by atoms with van der Waals surface area (Å²) < 4.78 is 5.98. The van der Waals surface area contributed by atoms with Crippen LogP contribution in [0.2, 0.25) is 0 Å². The SMILES string of the molecule is C(#CC(OC/C=C/c1ccccc1)c1cccs1)Sc1ccccc1. The van der Waals surface area contributed by atoms with Crippen LogP contribution in [0.3, 0.4) is 0 Å². The quantitative estimate of drug-likeness (QED) is 0.377. The summed E-state index contributed by atoms with van der Waals surface area (Å²) in [5.74, 6) is 3.24. The maximum Gasteiger partial charge on any atom is 0.153 e. The highest BCUT2D eigenvalue weighted by atomic mass is 32.2. The molecule has 1 heterocycles. The second-order valence-electron chi connectivity index (χ2n) is 5.20. The van der Waals surface area contributed by atoms with E-state index in [0.29, 0.717) is 6.61 Å². The Morgan fingerprint density at radius 2 is 1.72 bits per heavy atom. The Hall–Kier alpha value is -2.25. The van der Waals surface area contributed by atoms with Crippen LogP contribution in [0, 0.1) is 11.2 Å². The lowest BCUT2D eigenvalue weighted by Crippen LogP contribution is -2.00. The number of hydrogen-bond acceptors (Lipinski definition) is 3. The molecule has 0 spiro atoms. The molecular weight excluding hydrogens is 344 g/mol. The zero-order valence-electron chi connectivity index (χ0n) is 13.7. The molecule has 0 aliphatic heterocycles. The number of thioether (sulfide) groups is 1. The van der Waals surface area contributed by atoms with Crippen molar-refractivity contribution in [3.05, 3.63) is 94.7 Å². The van der Waals surface area contributed by atoms with Gasteiger partial charge < -0.3 is 4.74 Å². The van der Waals surface area contributed by atoms with Crippen molar-refractivity contribution in [1.29, 1.82) is 0 Å². The Kier molecular flexibility index (Phi) is 6.96. The standard InChI is InChI=1S/C22H18OS2/c1-3-9-19(10-4-1)11-7-16-23-21(22-14-8-17-25-22)15-18-24-20-12-5-2-6-13-20/h1-14,17,21H,16H2/b11-7+. The van der Waals surface area contributed by atoms with Crippen LogP contribution in [-0.4, -0.2) is 6.61 Å². The van der Waals surface area contributed by atoms with Crippen molar-refractivity contribution in [2.24, 2.45) is 0 Å². The van der Waals surface area contributed by atoms with E-state index >= 15 is 0 Å². The molecule has 0 saturated heterocycles. The van der Waals surface area contributed by atoms with Gasteiger partial charge in [0.15, 0.2) is 6.10 Å². The fourth-order valence-electron chi connectivity index (χ4n) is 2.17. The molecule has 0 N–H and O–H groups in total. The molecule has 25 heavy (non-hydrogen) atoms. The summed E-state index contributed by atoms with van der Waals surface area (Å²) in [4.78, 5) is 2.28. The van der Waals surface area contributed by atoms with Crippen molar-refractivity contribution in [3.8, 4) is 11.2 Å². The van der Waals surface area contributed by atoms with Crippen LogP contribution in [0.25, 0.3) is 6.08 Å². The van der Waals surface area contributed by atoms with Crippen molar-refractivity contribution in [2.45, 2.75) is 11.0 Å². The van der Waals surface area contributed by atoms with E-state index in [9.17, 15) is 0 Å². The molecule has 1 atom stereocenters. The van der Waals surface area contributed by atoms with Gasteiger partial charge in [0.1, 0.15) is 0 Å². The molecule has 0 saturated carbocycles. The average Bonchev–Trinajstić information content (AvgIpc) is 3.20. The fourth-order valence-corrected chi connectivity index (χ4v) is 3.46. The minimum atomic E-state index is -0.198. The van der Waals surface area contributed by atoms with Gasteiger partial charge in [0.2, 0.25) is 0 Å². The Labute approximate surface area is 157 Å². The minimum absolute atomic E-state index is 0.198. The van der Waals surface area contributed by atoms with Gasteiger partial charge in [0, 0.05) is 9.77 Å². The Bertz CT molecular complexity index is 828. The number of thiophene rings is 1. The van der Waals surface area contributed by atoms with Gasteiger partial charge >= 0.3 is 0 Å². The van der Waals surface area contributed by atoms with Gasteiger partial charge in [-0.1, -0.05) is 72.7 Å². The van der Waals surface area contributed by atoms with Gasteiger partial charge in [0.25, 0.3) is 0 Å². The van der Waals surface area contributed by atoms with Gasteiger partial charge in [-0.3, -0.25) is 0 Å². The largest absolute Gasteiger partial charge is 0.356 e. The molecule has 0 aliphatic carbocycles. The van der Waals surface area contributed by atoms with Crippen LogP contribution in [0.5, 0.6) is 0 Å². The minimum Gasteiger partial charge on any atom is -0.356 e. The first-order valence-electron chi connectivity index (χ1n) is 8.01. The summed E-state index contributed by atoms with van der Waals surface area (Å²) in [6.45, 7) is 0.530. The number of hydrogen-bond donors (Lipinski definition) is 0. The molecule has 1 aromatic heterocycles. The van der Waals surface area contributed by atoms with E-state index in [1.165, 1.54) is 17.3 Å². The van der Waals surface area contributed by atoms with Crippen LogP contribution in [-0.2, 0) is 4.74 Å². The molecule has 3 aromatic rings. The van der Waals surface area contributed by atoms with E-state index in [1.807, 2.05) is 48.5 Å². The maximum atomic E-state index is 5.98. The highest BCUT2D eigenvalue weighted by Crippen LogP contribution is 2.23. The Morgan fingerprint density at radius 1 is 0.960 bits per heavy atom. The van der Waals surface area contributed by atoms with Crippen LogP contribution >= 0.6 is 23.1 Å². The summed E-state index contributed by atoms with van der Waals surface area (Å²) in [5, 5.41) is 5.23. The van der Waals surface area contributed by atoms with Crippen molar-refractivity contribution in [1.82, 2.24) is 0 Å². The maximum absolute atomic E-state index is 5.98. The second-order valence-corrected chi connectivity index (χ2v) is 7.06. The van der Waals surface area contributed by atoms with Crippen molar-refractivity contribution < 1.29 is 4.74 Å². The highest BCUT2D eigenvalue weighted by Gasteiger charge is 2.09. The smallest absolute Gasteiger partial charge is 0.153 e. The van der Waals surface area contributed by atoms with E-state index in [0.717, 1.165) is 9.77 Å². The Morgan fingerprint density at radius 3 is 2.44 bits per heavy atom. The van der Waals surface area contributed by atoms with E-state index in [-0.39, 0.29) is 6.10 Å². The summed E-state index contributed by atoms with van der Waals surface area (Å²) in [6, 6.07) is 24.5. The predicted octanol–water partition coefficient (Wildman–Crippen LogP) is 6.27. The third-order valence-electron chi connectivity index (χ3n) is 3.37. The van der Waals surface area contributed by atoms with Crippen LogP contribution < -0.4 is 0 Å². The van der Waals surface area contributed by atoms with Crippen molar-refractivity contribution in [3.63, 3.8) is 0 Å². The molecule has 1 unspecified atom stereocenters. The van der Waals surface area contributed by atoms with Gasteiger partial charge in [-0.2, -0.15) is 0 Å². The van der Waals surface area contributed by atoms with Crippen LogP contribution in [0.4, 0.5) is 0 Å². The average molecular weight is 363 g/mol. The third-order valence-corrected chi connectivity index (χ3v) is 5.02. The number of benzene rings is 2. The lowest BCUT2D eigenvalue weighted by atomic mass is 10.2. The van der Waals surface area contributed by atoms with Crippen LogP contribution in [0.1, 0.15) is 16.5 Å². The van der Waals surface area contributed by atoms with E-state index in [2.05, 4.69) is 53.0 Å². The van der Waals surface area contributed by atoms with Gasteiger partial charge in [-0.25, -0.2) is 0 Å². The predicted molar refractivity (Wildman–Crippen MR) is 109 cm³/mol. The van der Waals surface area contributed by atoms with Gasteiger partial charge in [-0.05, 0) is 46.2 Å². The fraction of sp³-hybridized carbons (Fsp3) is 0.0909. The highest BCUT2D eigenvalue weighted by molar-refractivity contribution is 8.03. The van der Waals surface area contributed by atoms with Crippen molar-refractivity contribution >= 4 is 29.2 Å². The molecular formula is C22H18OS2. The molecule has 0 aliphatic rings. The van der Waals surface area contributed by atoms with Crippen LogP contribution in [0.15, 0.2) is 89.1 Å². The summed E-state index contributed by atoms with van der Waals surface area (Å²) in [6.07, 6.45) is 3.90. The molecule has 1 nitrogen and oxygen atoms in total. The summed E-state index contributed by atoms with van der Waals surface area (Å²) in [5.41, 5.74) is 1.17. The van der Waals surface area contributed by atoms with E-state index < -0.39 is 0 Å². The molecule has 0 fully saturated rings. The molecule has 2 aromatic carbocycles. The molecule has 3 rings (SSSR count). The molecule has 0 amide bonds. The number of rotatable bonds is 6. The first-order valence-corrected chi connectivity index (χ1v) is 9.70. The third kappa shape index (κ3) is 5.95. The monoisotopic (exact) mass is 362 g/mol. The number of ether oxygens (including phenoxy) is 1. The van der Waals surface area contributed by atoms with Crippen molar-refractivity contribution in [2.75, 3.05) is 6.61 Å². The molecule has 0 radical (unpaired) electrons. The molecule has 0 bridgehead atoms.